The van der Waals surface area contributed by atoms with Gasteiger partial charge in [0.15, 0.2) is 36.2 Å². The third-order valence-electron chi connectivity index (χ3n) is 7.58. The van der Waals surface area contributed by atoms with Crippen LogP contribution in [-0.2, 0) is 22.5 Å². The van der Waals surface area contributed by atoms with Crippen LogP contribution in [0.25, 0.3) is 0 Å². The molecule has 0 bridgehead atoms. The Balaban J connectivity index is 1.32. The second-order valence-electron chi connectivity index (χ2n) is 12.5. The van der Waals surface area contributed by atoms with Crippen molar-refractivity contribution in [3.63, 3.8) is 0 Å². The van der Waals surface area contributed by atoms with Gasteiger partial charge in [-0.3, -0.25) is 0 Å². The molecular formula is C38H37Cl2N3O9. The highest BCUT2D eigenvalue weighted by molar-refractivity contribution is 6.35. The lowest BCUT2D eigenvalue weighted by Gasteiger charge is -2.24. The molecule has 2 heterocycles. The SMILES string of the molecule is COc1ccc([C@H](Cc2c(Cl)c[n+]([O-])cc2Cl)OC(=O)c2coc(COc3cccc([C@@H](NC(=O)OC(C)(C)C)c4ccccc4)c3)n2)cc1OC. The van der Waals surface area contributed by atoms with Crippen LogP contribution in [0, 0.1) is 5.21 Å². The number of aromatic nitrogens is 2. The Hall–Kier alpha value is -5.46. The molecule has 0 saturated heterocycles. The molecule has 14 heteroatoms. The van der Waals surface area contributed by atoms with Crippen LogP contribution < -0.4 is 24.3 Å². The summed E-state index contributed by atoms with van der Waals surface area (Å²) in [6.07, 6.45) is 2.02. The van der Waals surface area contributed by atoms with Gasteiger partial charge in [0.2, 0.25) is 5.89 Å². The van der Waals surface area contributed by atoms with Crippen LogP contribution in [0.4, 0.5) is 4.79 Å². The maximum atomic E-state index is 13.4. The van der Waals surface area contributed by atoms with E-state index in [0.29, 0.717) is 33.1 Å². The highest BCUT2D eigenvalue weighted by Gasteiger charge is 2.26. The van der Waals surface area contributed by atoms with Gasteiger partial charge >= 0.3 is 12.1 Å². The fourth-order valence-electron chi connectivity index (χ4n) is 5.21. The first kappa shape index (κ1) is 37.8. The number of ether oxygens (including phenoxy) is 5. The predicted molar refractivity (Wildman–Crippen MR) is 192 cm³/mol. The number of hydrogen-bond donors (Lipinski definition) is 1. The molecule has 0 saturated carbocycles. The Bertz CT molecular complexity index is 1990. The Kier molecular flexibility index (Phi) is 12.1. The Morgan fingerprint density at radius 2 is 1.60 bits per heavy atom. The number of esters is 1. The van der Waals surface area contributed by atoms with Gasteiger partial charge in [-0.2, -0.15) is 4.73 Å². The zero-order valence-electron chi connectivity index (χ0n) is 29.1. The first-order valence-corrected chi connectivity index (χ1v) is 16.8. The van der Waals surface area contributed by atoms with E-state index in [-0.39, 0.29) is 34.7 Å². The van der Waals surface area contributed by atoms with Crippen molar-refractivity contribution >= 4 is 35.3 Å². The zero-order valence-corrected chi connectivity index (χ0v) is 30.6. The van der Waals surface area contributed by atoms with Gasteiger partial charge in [0.1, 0.15) is 33.8 Å². The molecule has 2 atom stereocenters. The normalized spacial score (nSPS) is 12.4. The number of pyridine rings is 1. The fourth-order valence-corrected chi connectivity index (χ4v) is 5.81. The van der Waals surface area contributed by atoms with Gasteiger partial charge in [-0.15, -0.1) is 0 Å². The lowest BCUT2D eigenvalue weighted by atomic mass is 9.98. The molecule has 0 unspecified atom stereocenters. The number of benzene rings is 3. The van der Waals surface area contributed by atoms with Crippen LogP contribution in [0.2, 0.25) is 10.0 Å². The standard InChI is InChI=1S/C38H37Cl2N3O9/c1-38(2,3)52-37(45)42-35(23-10-7-6-8-11-23)25-12-9-13-26(16-25)49-22-34-41-30(21-50-34)36(44)51-32(18-27-28(39)19-43(46)20-29(27)40)24-14-15-31(47-4)33(17-24)48-5/h6-17,19-21,32,35H,18,22H2,1-5H3,(H,42,45)/t32-,35-/m0/s1. The Labute approximate surface area is 310 Å². The van der Waals surface area contributed by atoms with E-state index < -0.39 is 29.8 Å². The molecule has 0 fully saturated rings. The van der Waals surface area contributed by atoms with E-state index in [0.717, 1.165) is 23.5 Å². The summed E-state index contributed by atoms with van der Waals surface area (Å²) in [4.78, 5) is 30.5. The average Bonchev–Trinajstić information content (AvgIpc) is 3.59. The number of carbonyl (C=O) groups is 2. The highest BCUT2D eigenvalue weighted by atomic mass is 35.5. The molecule has 0 aliphatic rings. The summed E-state index contributed by atoms with van der Waals surface area (Å²) in [6, 6.07) is 21.2. The third kappa shape index (κ3) is 9.86. The summed E-state index contributed by atoms with van der Waals surface area (Å²) >= 11 is 12.7. The van der Waals surface area contributed by atoms with Gasteiger partial charge < -0.3 is 38.6 Å². The van der Waals surface area contributed by atoms with Crippen LogP contribution >= 0.6 is 23.2 Å². The van der Waals surface area contributed by atoms with Gasteiger partial charge in [0, 0.05) is 12.0 Å². The molecule has 0 radical (unpaired) electrons. The number of nitrogens with one attached hydrogen (secondary N) is 1. The lowest BCUT2D eigenvalue weighted by Crippen LogP contribution is -2.35. The molecule has 1 amide bonds. The molecule has 3 aromatic carbocycles. The van der Waals surface area contributed by atoms with Gasteiger partial charge in [-0.1, -0.05) is 71.7 Å². The molecule has 0 aliphatic carbocycles. The Morgan fingerprint density at radius 3 is 2.27 bits per heavy atom. The quantitative estimate of drug-likeness (QED) is 0.0715. The molecule has 12 nitrogen and oxygen atoms in total. The summed E-state index contributed by atoms with van der Waals surface area (Å²) < 4.78 is 34.2. The van der Waals surface area contributed by atoms with Gasteiger partial charge in [-0.05, 0) is 61.7 Å². The van der Waals surface area contributed by atoms with E-state index in [2.05, 4.69) is 10.3 Å². The number of oxazole rings is 1. The number of amides is 1. The largest absolute Gasteiger partial charge is 0.619 e. The highest BCUT2D eigenvalue weighted by Crippen LogP contribution is 2.35. The first-order valence-electron chi connectivity index (χ1n) is 16.0. The van der Waals surface area contributed by atoms with Gasteiger partial charge in [0.25, 0.3) is 0 Å². The van der Waals surface area contributed by atoms with Crippen molar-refractivity contribution in [2.24, 2.45) is 0 Å². The minimum Gasteiger partial charge on any atom is -0.619 e. The van der Waals surface area contributed by atoms with Gasteiger partial charge in [0.05, 0.1) is 20.3 Å². The monoisotopic (exact) mass is 749 g/mol. The number of halogens is 2. The maximum Gasteiger partial charge on any atom is 0.408 e. The van der Waals surface area contributed by atoms with E-state index >= 15 is 0 Å². The van der Waals surface area contributed by atoms with Crippen LogP contribution in [-0.4, -0.2) is 36.9 Å². The van der Waals surface area contributed by atoms with E-state index in [1.165, 1.54) is 20.5 Å². The molecule has 272 valence electrons. The summed E-state index contributed by atoms with van der Waals surface area (Å²) in [5, 5.41) is 15.0. The van der Waals surface area contributed by atoms with E-state index in [9.17, 15) is 14.8 Å². The van der Waals surface area contributed by atoms with Crippen molar-refractivity contribution in [2.45, 2.75) is 51.5 Å². The molecular weight excluding hydrogens is 713 g/mol. The minimum atomic E-state index is -0.934. The van der Waals surface area contributed by atoms with Crippen LogP contribution in [0.15, 0.2) is 95.9 Å². The molecule has 1 N–H and O–H groups in total. The summed E-state index contributed by atoms with van der Waals surface area (Å²) in [5.41, 5.74) is 1.75. The van der Waals surface area contributed by atoms with Crippen molar-refractivity contribution in [1.29, 1.82) is 0 Å². The molecule has 2 aromatic heterocycles. The second kappa shape index (κ2) is 16.7. The van der Waals surface area contributed by atoms with Crippen molar-refractivity contribution in [2.75, 3.05) is 14.2 Å². The smallest absolute Gasteiger partial charge is 0.408 e. The van der Waals surface area contributed by atoms with E-state index in [1.54, 1.807) is 57.2 Å². The molecule has 0 spiro atoms. The lowest BCUT2D eigenvalue weighted by molar-refractivity contribution is -0.605. The number of alkyl carbamates (subject to hydrolysis) is 1. The van der Waals surface area contributed by atoms with Crippen LogP contribution in [0.1, 0.15) is 71.6 Å². The summed E-state index contributed by atoms with van der Waals surface area (Å²) in [5.74, 6) is 0.667. The second-order valence-corrected chi connectivity index (χ2v) is 13.3. The number of rotatable bonds is 13. The van der Waals surface area contributed by atoms with E-state index in [1.807, 2.05) is 36.4 Å². The van der Waals surface area contributed by atoms with Crippen molar-refractivity contribution in [1.82, 2.24) is 10.3 Å². The van der Waals surface area contributed by atoms with Crippen molar-refractivity contribution in [3.8, 4) is 17.2 Å². The first-order chi connectivity index (χ1) is 24.8. The minimum absolute atomic E-state index is 0.0245. The zero-order chi connectivity index (χ0) is 37.4. The maximum absolute atomic E-state index is 13.4. The molecule has 5 rings (SSSR count). The average molecular weight is 751 g/mol. The topological polar surface area (TPSA) is 145 Å². The predicted octanol–water partition coefficient (Wildman–Crippen LogP) is 7.97. The van der Waals surface area contributed by atoms with Crippen molar-refractivity contribution < 1.29 is 42.4 Å². The third-order valence-corrected chi connectivity index (χ3v) is 8.24. The van der Waals surface area contributed by atoms with E-state index in [4.69, 9.17) is 51.3 Å². The number of carbonyl (C=O) groups excluding carboxylic acids is 2. The number of methoxy groups -OCH3 is 2. The Morgan fingerprint density at radius 1 is 0.904 bits per heavy atom. The fraction of sp³-hybridized carbons (Fsp3) is 0.263. The summed E-state index contributed by atoms with van der Waals surface area (Å²) in [7, 11) is 2.99. The summed E-state index contributed by atoms with van der Waals surface area (Å²) in [6.45, 7) is 5.27. The van der Waals surface area contributed by atoms with Crippen LogP contribution in [0.5, 0.6) is 17.2 Å². The van der Waals surface area contributed by atoms with Crippen LogP contribution in [0.3, 0.4) is 0 Å². The van der Waals surface area contributed by atoms with Gasteiger partial charge in [-0.25, -0.2) is 14.6 Å². The van der Waals surface area contributed by atoms with Crippen molar-refractivity contribution in [3.05, 3.63) is 141 Å². The molecule has 52 heavy (non-hydrogen) atoms. The molecule has 5 aromatic rings. The number of hydrogen-bond acceptors (Lipinski definition) is 10. The molecule has 0 aliphatic heterocycles. The number of nitrogens with zero attached hydrogens (tertiary/aromatic N) is 2.